The lowest BCUT2D eigenvalue weighted by Crippen LogP contribution is -2.32. The van der Waals surface area contributed by atoms with Gasteiger partial charge >= 0.3 is 0 Å². The van der Waals surface area contributed by atoms with Crippen LogP contribution < -0.4 is 0 Å². The number of rotatable bonds is 6. The Labute approximate surface area is 162 Å². The lowest BCUT2D eigenvalue weighted by Gasteiger charge is -2.21. The molecule has 0 saturated carbocycles. The van der Waals surface area contributed by atoms with Crippen LogP contribution in [0.2, 0.25) is 0 Å². The van der Waals surface area contributed by atoms with Gasteiger partial charge in [-0.3, -0.25) is 4.79 Å². The number of hydrogen-bond donors (Lipinski definition) is 0. The van der Waals surface area contributed by atoms with Crippen LogP contribution in [0.15, 0.2) is 41.4 Å². The van der Waals surface area contributed by atoms with Gasteiger partial charge in [-0.05, 0) is 31.9 Å². The molecule has 2 aromatic heterocycles. The molecule has 1 amide bonds. The molecular formula is C20H23N3OS2. The number of nitrogens with zero attached hydrogens (tertiary/aromatic N) is 3. The number of fused-ring (bicyclic) bond motifs is 1. The summed E-state index contributed by atoms with van der Waals surface area (Å²) in [6.07, 6.45) is 0.985. The molecule has 0 aliphatic rings. The largest absolute Gasteiger partial charge is 0.340 e. The van der Waals surface area contributed by atoms with Crippen LogP contribution in [0.25, 0.3) is 10.2 Å². The Morgan fingerprint density at radius 3 is 2.69 bits per heavy atom. The number of carbonyl (C=O) groups excluding carboxylic acids is 1. The van der Waals surface area contributed by atoms with Gasteiger partial charge in [0.1, 0.15) is 15.7 Å². The van der Waals surface area contributed by atoms with Gasteiger partial charge in [-0.2, -0.15) is 0 Å². The van der Waals surface area contributed by atoms with E-state index in [1.54, 1.807) is 16.2 Å². The van der Waals surface area contributed by atoms with Crippen molar-refractivity contribution < 1.29 is 4.79 Å². The van der Waals surface area contributed by atoms with Crippen molar-refractivity contribution in [3.05, 3.63) is 52.7 Å². The summed E-state index contributed by atoms with van der Waals surface area (Å²) in [5.41, 5.74) is 1.13. The predicted octanol–water partition coefficient (Wildman–Crippen LogP) is 4.70. The molecule has 0 aliphatic heterocycles. The van der Waals surface area contributed by atoms with Crippen molar-refractivity contribution in [2.45, 2.75) is 44.0 Å². The normalized spacial score (nSPS) is 12.3. The van der Waals surface area contributed by atoms with Crippen LogP contribution in [0.5, 0.6) is 0 Å². The first-order valence-corrected chi connectivity index (χ1v) is 10.4. The standard InChI is InChI=1S/C20H23N3OS2/c1-5-16-11-17-18(21-14(3)22-19(17)26-16)25-13(2)20(24)23(4)12-15-9-7-6-8-10-15/h6-11,13H,5,12H2,1-4H3. The van der Waals surface area contributed by atoms with E-state index in [1.165, 1.54) is 16.6 Å². The maximum atomic E-state index is 12.8. The molecule has 0 fully saturated rings. The van der Waals surface area contributed by atoms with Gasteiger partial charge < -0.3 is 4.90 Å². The molecule has 3 rings (SSSR count). The molecule has 4 nitrogen and oxygen atoms in total. The zero-order chi connectivity index (χ0) is 18.7. The monoisotopic (exact) mass is 385 g/mol. The highest BCUT2D eigenvalue weighted by Gasteiger charge is 2.21. The van der Waals surface area contributed by atoms with Crippen LogP contribution in [0.3, 0.4) is 0 Å². The maximum Gasteiger partial charge on any atom is 0.235 e. The number of thioether (sulfide) groups is 1. The number of thiophene rings is 1. The Morgan fingerprint density at radius 1 is 1.27 bits per heavy atom. The molecule has 2 heterocycles. The molecule has 0 N–H and O–H groups in total. The summed E-state index contributed by atoms with van der Waals surface area (Å²) in [6.45, 7) is 6.61. The molecule has 0 radical (unpaired) electrons. The topological polar surface area (TPSA) is 46.1 Å². The minimum absolute atomic E-state index is 0.106. The molecule has 26 heavy (non-hydrogen) atoms. The van der Waals surface area contributed by atoms with Crippen molar-refractivity contribution in [2.24, 2.45) is 0 Å². The highest BCUT2D eigenvalue weighted by atomic mass is 32.2. The number of amides is 1. The molecular weight excluding hydrogens is 362 g/mol. The van der Waals surface area contributed by atoms with Crippen LogP contribution in [0.4, 0.5) is 0 Å². The van der Waals surface area contributed by atoms with E-state index in [4.69, 9.17) is 0 Å². The third-order valence-electron chi connectivity index (χ3n) is 4.14. The van der Waals surface area contributed by atoms with Crippen molar-refractivity contribution in [1.29, 1.82) is 0 Å². The quantitative estimate of drug-likeness (QED) is 0.456. The average Bonchev–Trinajstić information content (AvgIpc) is 3.05. The van der Waals surface area contributed by atoms with Crippen molar-refractivity contribution in [3.8, 4) is 0 Å². The fourth-order valence-corrected chi connectivity index (χ4v) is 4.93. The second-order valence-electron chi connectivity index (χ2n) is 6.30. The van der Waals surface area contributed by atoms with Crippen LogP contribution in [0.1, 0.15) is 30.1 Å². The Hall–Kier alpha value is -1.92. The number of hydrogen-bond acceptors (Lipinski definition) is 5. The number of aromatic nitrogens is 2. The zero-order valence-corrected chi connectivity index (χ0v) is 17.2. The van der Waals surface area contributed by atoms with Gasteiger partial charge in [-0.25, -0.2) is 9.97 Å². The van der Waals surface area contributed by atoms with E-state index in [1.807, 2.05) is 51.2 Å². The molecule has 1 atom stereocenters. The second-order valence-corrected chi connectivity index (χ2v) is 8.75. The van der Waals surface area contributed by atoms with E-state index < -0.39 is 0 Å². The molecule has 1 unspecified atom stereocenters. The van der Waals surface area contributed by atoms with E-state index in [9.17, 15) is 4.79 Å². The maximum absolute atomic E-state index is 12.8. The third-order valence-corrected chi connectivity index (χ3v) is 6.41. The van der Waals surface area contributed by atoms with E-state index >= 15 is 0 Å². The van der Waals surface area contributed by atoms with Gasteiger partial charge in [0.05, 0.1) is 5.25 Å². The van der Waals surface area contributed by atoms with Gasteiger partial charge in [0, 0.05) is 23.9 Å². The molecule has 6 heteroatoms. The van der Waals surface area contributed by atoms with Gasteiger partial charge in [0.2, 0.25) is 5.91 Å². The summed E-state index contributed by atoms with van der Waals surface area (Å²) in [5.74, 6) is 0.857. The summed E-state index contributed by atoms with van der Waals surface area (Å²) >= 11 is 3.23. The van der Waals surface area contributed by atoms with Gasteiger partial charge in [0.15, 0.2) is 0 Å². The first-order chi connectivity index (χ1) is 12.5. The molecule has 0 bridgehead atoms. The molecule has 136 valence electrons. The van der Waals surface area contributed by atoms with Gasteiger partial charge in [0.25, 0.3) is 0 Å². The number of carbonyl (C=O) groups is 1. The van der Waals surface area contributed by atoms with Crippen LogP contribution in [-0.4, -0.2) is 33.1 Å². The van der Waals surface area contributed by atoms with E-state index in [0.717, 1.165) is 33.1 Å². The number of aryl methyl sites for hydroxylation is 2. The van der Waals surface area contributed by atoms with Gasteiger partial charge in [-0.1, -0.05) is 49.0 Å². The highest BCUT2D eigenvalue weighted by molar-refractivity contribution is 8.00. The molecule has 0 aliphatic carbocycles. The Kier molecular flexibility index (Phi) is 5.94. The second kappa shape index (κ2) is 8.18. The summed E-state index contributed by atoms with van der Waals surface area (Å²) in [7, 11) is 1.85. The lowest BCUT2D eigenvalue weighted by molar-refractivity contribution is -0.129. The summed E-state index contributed by atoms with van der Waals surface area (Å²) < 4.78 is 0. The third kappa shape index (κ3) is 4.24. The lowest BCUT2D eigenvalue weighted by atomic mass is 10.2. The fourth-order valence-electron chi connectivity index (χ4n) is 2.77. The van der Waals surface area contributed by atoms with Crippen LogP contribution in [0, 0.1) is 6.92 Å². The average molecular weight is 386 g/mol. The van der Waals surface area contributed by atoms with E-state index in [0.29, 0.717) is 6.54 Å². The van der Waals surface area contributed by atoms with Crippen molar-refractivity contribution in [2.75, 3.05) is 7.05 Å². The van der Waals surface area contributed by atoms with Crippen molar-refractivity contribution in [1.82, 2.24) is 14.9 Å². The minimum Gasteiger partial charge on any atom is -0.340 e. The SMILES string of the molecule is CCc1cc2c(SC(C)C(=O)N(C)Cc3ccccc3)nc(C)nc2s1. The minimum atomic E-state index is -0.203. The smallest absolute Gasteiger partial charge is 0.235 e. The Morgan fingerprint density at radius 2 is 2.00 bits per heavy atom. The first kappa shape index (κ1) is 18.9. The zero-order valence-electron chi connectivity index (χ0n) is 15.5. The van der Waals surface area contributed by atoms with Gasteiger partial charge in [-0.15, -0.1) is 11.3 Å². The van der Waals surface area contributed by atoms with Crippen LogP contribution in [-0.2, 0) is 17.8 Å². The number of benzene rings is 1. The van der Waals surface area contributed by atoms with Crippen molar-refractivity contribution in [3.63, 3.8) is 0 Å². The Balaban J connectivity index is 1.76. The van der Waals surface area contributed by atoms with Crippen molar-refractivity contribution >= 4 is 39.2 Å². The Bertz CT molecular complexity index is 908. The predicted molar refractivity (Wildman–Crippen MR) is 110 cm³/mol. The molecule has 0 saturated heterocycles. The summed E-state index contributed by atoms with van der Waals surface area (Å²) in [6, 6.07) is 12.2. The molecule has 3 aromatic rings. The molecule has 0 spiro atoms. The highest BCUT2D eigenvalue weighted by Crippen LogP contribution is 2.34. The van der Waals surface area contributed by atoms with Crippen LogP contribution >= 0.6 is 23.1 Å². The fraction of sp³-hybridized carbons (Fsp3) is 0.350. The summed E-state index contributed by atoms with van der Waals surface area (Å²) in [5, 5.41) is 1.76. The first-order valence-electron chi connectivity index (χ1n) is 8.70. The molecule has 1 aromatic carbocycles. The summed E-state index contributed by atoms with van der Waals surface area (Å²) in [4.78, 5) is 26.0. The van der Waals surface area contributed by atoms with E-state index in [-0.39, 0.29) is 11.2 Å². The van der Waals surface area contributed by atoms with E-state index in [2.05, 4.69) is 23.0 Å².